The Kier molecular flexibility index (Phi) is 4.52. The monoisotopic (exact) mass is 383 g/mol. The summed E-state index contributed by atoms with van der Waals surface area (Å²) in [5.74, 6) is 1.68. The summed E-state index contributed by atoms with van der Waals surface area (Å²) in [6, 6.07) is 19.2. The summed E-state index contributed by atoms with van der Waals surface area (Å²) in [7, 11) is 0. The number of hydrogen-bond donors (Lipinski definition) is 1. The second kappa shape index (κ2) is 7.47. The molecule has 2 aromatic carbocycles. The number of nitrogens with one attached hydrogen (secondary N) is 1. The first-order valence-corrected chi connectivity index (χ1v) is 9.97. The molecule has 0 bridgehead atoms. The number of para-hydroxylation sites is 1. The third-order valence-electron chi connectivity index (χ3n) is 5.32. The summed E-state index contributed by atoms with van der Waals surface area (Å²) < 4.78 is 2.21. The Morgan fingerprint density at radius 3 is 2.83 bits per heavy atom. The Hall–Kier alpha value is -3.54. The Bertz CT molecular complexity index is 1200. The minimum absolute atomic E-state index is 0.229. The third kappa shape index (κ3) is 3.49. The van der Waals surface area contributed by atoms with Crippen LogP contribution in [0.3, 0.4) is 0 Å². The summed E-state index contributed by atoms with van der Waals surface area (Å²) in [5.41, 5.74) is 2.87. The molecule has 144 valence electrons. The van der Waals surface area contributed by atoms with Crippen LogP contribution in [0.25, 0.3) is 22.3 Å². The normalized spacial score (nSPS) is 13.7. The molecule has 0 spiro atoms. The fourth-order valence-corrected chi connectivity index (χ4v) is 3.82. The van der Waals surface area contributed by atoms with Gasteiger partial charge in [-0.25, -0.2) is 4.98 Å². The molecule has 1 aliphatic rings. The SMILES string of the molecule is O=C(Nc1cccc(-c2nnc3n2CCCCC3)c1)c1ccc2ccccc2n1. The van der Waals surface area contributed by atoms with Gasteiger partial charge in [-0.1, -0.05) is 42.8 Å². The van der Waals surface area contributed by atoms with E-state index in [1.54, 1.807) is 6.07 Å². The van der Waals surface area contributed by atoms with Gasteiger partial charge in [-0.05, 0) is 37.1 Å². The van der Waals surface area contributed by atoms with Gasteiger partial charge in [-0.15, -0.1) is 10.2 Å². The maximum absolute atomic E-state index is 12.7. The molecule has 0 saturated carbocycles. The van der Waals surface area contributed by atoms with Crippen molar-refractivity contribution in [2.45, 2.75) is 32.2 Å². The molecule has 1 aliphatic heterocycles. The lowest BCUT2D eigenvalue weighted by molar-refractivity contribution is 0.102. The highest BCUT2D eigenvalue weighted by Gasteiger charge is 2.16. The van der Waals surface area contributed by atoms with Gasteiger partial charge in [0.1, 0.15) is 11.5 Å². The lowest BCUT2D eigenvalue weighted by Crippen LogP contribution is -2.13. The highest BCUT2D eigenvalue weighted by molar-refractivity contribution is 6.04. The average molecular weight is 383 g/mol. The third-order valence-corrected chi connectivity index (χ3v) is 5.32. The first-order chi connectivity index (χ1) is 14.3. The average Bonchev–Trinajstić information content (AvgIpc) is 3.02. The Morgan fingerprint density at radius 2 is 1.86 bits per heavy atom. The number of fused-ring (bicyclic) bond motifs is 2. The van der Waals surface area contributed by atoms with Crippen molar-refractivity contribution in [3.63, 3.8) is 0 Å². The van der Waals surface area contributed by atoms with E-state index in [1.165, 1.54) is 6.42 Å². The molecule has 3 heterocycles. The molecule has 1 N–H and O–H groups in total. The zero-order valence-electron chi connectivity index (χ0n) is 16.0. The Labute approximate surface area is 168 Å². The molecule has 4 aromatic rings. The van der Waals surface area contributed by atoms with Crippen LogP contribution in [0, 0.1) is 0 Å². The van der Waals surface area contributed by atoms with Gasteiger partial charge in [0, 0.05) is 29.6 Å². The van der Waals surface area contributed by atoms with Crippen LogP contribution in [0.2, 0.25) is 0 Å². The summed E-state index contributed by atoms with van der Waals surface area (Å²) >= 11 is 0. The van der Waals surface area contributed by atoms with Crippen molar-refractivity contribution in [1.29, 1.82) is 0 Å². The number of carbonyl (C=O) groups excluding carboxylic acids is 1. The van der Waals surface area contributed by atoms with Crippen molar-refractivity contribution in [1.82, 2.24) is 19.7 Å². The number of amides is 1. The van der Waals surface area contributed by atoms with Gasteiger partial charge >= 0.3 is 0 Å². The van der Waals surface area contributed by atoms with E-state index in [4.69, 9.17) is 0 Å². The Balaban J connectivity index is 1.41. The van der Waals surface area contributed by atoms with Crippen LogP contribution in [-0.2, 0) is 13.0 Å². The summed E-state index contributed by atoms with van der Waals surface area (Å²) in [4.78, 5) is 17.2. The molecule has 0 radical (unpaired) electrons. The number of pyridine rings is 1. The predicted octanol–water partition coefficient (Wildman–Crippen LogP) is 4.47. The molecule has 6 nitrogen and oxygen atoms in total. The van der Waals surface area contributed by atoms with Gasteiger partial charge in [-0.3, -0.25) is 4.79 Å². The molecule has 0 aliphatic carbocycles. The zero-order chi connectivity index (χ0) is 19.6. The minimum Gasteiger partial charge on any atom is -0.321 e. The fourth-order valence-electron chi connectivity index (χ4n) is 3.82. The van der Waals surface area contributed by atoms with Crippen LogP contribution in [0.5, 0.6) is 0 Å². The van der Waals surface area contributed by atoms with Crippen molar-refractivity contribution in [3.05, 3.63) is 72.2 Å². The van der Waals surface area contributed by atoms with E-state index in [1.807, 2.05) is 54.6 Å². The van der Waals surface area contributed by atoms with Gasteiger partial charge in [0.2, 0.25) is 0 Å². The number of aromatic nitrogens is 4. The second-order valence-corrected chi connectivity index (χ2v) is 7.33. The molecule has 0 saturated heterocycles. The molecule has 1 amide bonds. The largest absolute Gasteiger partial charge is 0.321 e. The molecular weight excluding hydrogens is 362 g/mol. The smallest absolute Gasteiger partial charge is 0.274 e. The topological polar surface area (TPSA) is 72.7 Å². The summed E-state index contributed by atoms with van der Waals surface area (Å²) in [6.45, 7) is 0.940. The van der Waals surface area contributed by atoms with Gasteiger partial charge in [0.15, 0.2) is 5.82 Å². The maximum Gasteiger partial charge on any atom is 0.274 e. The predicted molar refractivity (Wildman–Crippen MR) is 113 cm³/mol. The van der Waals surface area contributed by atoms with E-state index >= 15 is 0 Å². The number of benzene rings is 2. The number of rotatable bonds is 3. The highest BCUT2D eigenvalue weighted by atomic mass is 16.1. The van der Waals surface area contributed by atoms with Gasteiger partial charge in [-0.2, -0.15) is 0 Å². The van der Waals surface area contributed by atoms with Crippen molar-refractivity contribution >= 4 is 22.5 Å². The molecule has 0 atom stereocenters. The standard InChI is InChI=1S/C23H21N5O/c29-23(20-13-12-16-7-3-4-10-19(16)25-20)24-18-9-6-8-17(15-18)22-27-26-21-11-2-1-5-14-28(21)22/h3-4,6-10,12-13,15H,1-2,5,11,14H2,(H,24,29). The summed E-state index contributed by atoms with van der Waals surface area (Å²) in [5, 5.41) is 12.8. The molecule has 29 heavy (non-hydrogen) atoms. The fraction of sp³-hybridized carbons (Fsp3) is 0.217. The molecule has 6 heteroatoms. The quantitative estimate of drug-likeness (QED) is 0.566. The van der Waals surface area contributed by atoms with Gasteiger partial charge in [0.05, 0.1) is 5.52 Å². The maximum atomic E-state index is 12.7. The number of aryl methyl sites for hydroxylation is 1. The molecule has 0 fully saturated rings. The van der Waals surface area contributed by atoms with E-state index < -0.39 is 0 Å². The second-order valence-electron chi connectivity index (χ2n) is 7.33. The van der Waals surface area contributed by atoms with Crippen LogP contribution in [0.1, 0.15) is 35.6 Å². The van der Waals surface area contributed by atoms with E-state index in [0.717, 1.165) is 53.9 Å². The lowest BCUT2D eigenvalue weighted by Gasteiger charge is -2.09. The number of anilines is 1. The molecule has 0 unspecified atom stereocenters. The van der Waals surface area contributed by atoms with Crippen molar-refractivity contribution in [3.8, 4) is 11.4 Å². The molecule has 5 rings (SSSR count). The van der Waals surface area contributed by atoms with Crippen molar-refractivity contribution in [2.75, 3.05) is 5.32 Å². The van der Waals surface area contributed by atoms with E-state index in [0.29, 0.717) is 11.4 Å². The molecular formula is C23H21N5O. The zero-order valence-corrected chi connectivity index (χ0v) is 16.0. The van der Waals surface area contributed by atoms with Crippen LogP contribution >= 0.6 is 0 Å². The highest BCUT2D eigenvalue weighted by Crippen LogP contribution is 2.25. The van der Waals surface area contributed by atoms with Crippen molar-refractivity contribution < 1.29 is 4.79 Å². The van der Waals surface area contributed by atoms with E-state index in [-0.39, 0.29) is 5.91 Å². The first kappa shape index (κ1) is 17.6. The van der Waals surface area contributed by atoms with Crippen LogP contribution in [-0.4, -0.2) is 25.7 Å². The van der Waals surface area contributed by atoms with E-state index in [2.05, 4.69) is 25.1 Å². The first-order valence-electron chi connectivity index (χ1n) is 9.97. The Morgan fingerprint density at radius 1 is 0.931 bits per heavy atom. The number of nitrogens with zero attached hydrogens (tertiary/aromatic N) is 4. The van der Waals surface area contributed by atoms with Crippen molar-refractivity contribution in [2.24, 2.45) is 0 Å². The molecule has 2 aromatic heterocycles. The van der Waals surface area contributed by atoms with Gasteiger partial charge in [0.25, 0.3) is 5.91 Å². The lowest BCUT2D eigenvalue weighted by atomic mass is 10.1. The number of hydrogen-bond acceptors (Lipinski definition) is 4. The van der Waals surface area contributed by atoms with Crippen LogP contribution < -0.4 is 5.32 Å². The summed E-state index contributed by atoms with van der Waals surface area (Å²) in [6.07, 6.45) is 4.49. The minimum atomic E-state index is -0.229. The van der Waals surface area contributed by atoms with E-state index in [9.17, 15) is 4.79 Å². The van der Waals surface area contributed by atoms with Crippen LogP contribution in [0.15, 0.2) is 60.7 Å². The van der Waals surface area contributed by atoms with Gasteiger partial charge < -0.3 is 9.88 Å². The number of carbonyl (C=O) groups is 1. The van der Waals surface area contributed by atoms with Crippen LogP contribution in [0.4, 0.5) is 5.69 Å².